The lowest BCUT2D eigenvalue weighted by Crippen LogP contribution is -2.44. The number of nitrogens with zero attached hydrogens (tertiary/aromatic N) is 5. The first-order chi connectivity index (χ1) is 17.1. The van der Waals surface area contributed by atoms with Crippen LogP contribution in [0.15, 0.2) is 24.4 Å². The van der Waals surface area contributed by atoms with Gasteiger partial charge in [0.05, 0.1) is 25.1 Å². The average Bonchev–Trinajstić information content (AvgIpc) is 3.21. The first-order valence-electron chi connectivity index (χ1n) is 12.1. The molecule has 0 saturated carbocycles. The molecule has 10 heteroatoms. The van der Waals surface area contributed by atoms with Gasteiger partial charge in [0, 0.05) is 49.7 Å². The van der Waals surface area contributed by atoms with E-state index in [1.165, 1.54) is 0 Å². The number of aromatic nitrogens is 4. The fourth-order valence-electron chi connectivity index (χ4n) is 4.65. The van der Waals surface area contributed by atoms with Crippen molar-refractivity contribution in [3.8, 4) is 17.1 Å². The Labute approximate surface area is 204 Å². The van der Waals surface area contributed by atoms with Gasteiger partial charge in [-0.25, -0.2) is 14.8 Å². The molecular formula is C25H31N7O3. The van der Waals surface area contributed by atoms with Gasteiger partial charge in [0.2, 0.25) is 5.95 Å². The molecule has 1 fully saturated rings. The molecule has 2 aliphatic rings. The predicted molar refractivity (Wildman–Crippen MR) is 134 cm³/mol. The van der Waals surface area contributed by atoms with Crippen molar-refractivity contribution in [1.82, 2.24) is 25.1 Å². The second-order valence-electron chi connectivity index (χ2n) is 8.87. The topological polar surface area (TPSA) is 108 Å². The summed E-state index contributed by atoms with van der Waals surface area (Å²) in [6.45, 7) is 6.16. The highest BCUT2D eigenvalue weighted by molar-refractivity contribution is 5.91. The van der Waals surface area contributed by atoms with Gasteiger partial charge in [0.15, 0.2) is 0 Å². The summed E-state index contributed by atoms with van der Waals surface area (Å²) in [6.07, 6.45) is 4.26. The summed E-state index contributed by atoms with van der Waals surface area (Å²) in [7, 11) is 3.81. The van der Waals surface area contributed by atoms with E-state index in [0.29, 0.717) is 23.9 Å². The number of esters is 1. The molecule has 1 aliphatic heterocycles. The number of carbonyl (C=O) groups excluding carboxylic acids is 1. The lowest BCUT2D eigenvalue weighted by molar-refractivity contribution is 0.0518. The summed E-state index contributed by atoms with van der Waals surface area (Å²) >= 11 is 0. The van der Waals surface area contributed by atoms with Crippen LogP contribution in [0.4, 0.5) is 17.3 Å². The number of aromatic amines is 1. The zero-order valence-electron chi connectivity index (χ0n) is 20.4. The van der Waals surface area contributed by atoms with Crippen molar-refractivity contribution in [3.63, 3.8) is 0 Å². The normalized spacial score (nSPS) is 15.7. The van der Waals surface area contributed by atoms with E-state index in [-0.39, 0.29) is 5.97 Å². The van der Waals surface area contributed by atoms with Crippen molar-refractivity contribution in [2.45, 2.75) is 26.2 Å². The number of carbonyl (C=O) groups is 1. The zero-order chi connectivity index (χ0) is 24.4. The molecule has 0 atom stereocenters. The van der Waals surface area contributed by atoms with E-state index in [9.17, 15) is 4.79 Å². The largest absolute Gasteiger partial charge is 0.494 e. The van der Waals surface area contributed by atoms with Crippen LogP contribution >= 0.6 is 0 Å². The molecule has 5 rings (SSSR count). The minimum absolute atomic E-state index is 0.314. The van der Waals surface area contributed by atoms with Gasteiger partial charge < -0.3 is 24.6 Å². The van der Waals surface area contributed by atoms with Gasteiger partial charge >= 0.3 is 5.97 Å². The van der Waals surface area contributed by atoms with Gasteiger partial charge in [0.1, 0.15) is 17.1 Å². The van der Waals surface area contributed by atoms with Crippen molar-refractivity contribution < 1.29 is 14.3 Å². The summed E-state index contributed by atoms with van der Waals surface area (Å²) in [6, 6.07) is 6.14. The van der Waals surface area contributed by atoms with Gasteiger partial charge in [0.25, 0.3) is 0 Å². The Balaban J connectivity index is 1.42. The number of fused-ring (bicyclic) bond motifs is 3. The number of benzene rings is 1. The Morgan fingerprint density at radius 3 is 2.77 bits per heavy atom. The van der Waals surface area contributed by atoms with E-state index in [1.54, 1.807) is 14.0 Å². The Kier molecular flexibility index (Phi) is 6.54. The third-order valence-electron chi connectivity index (χ3n) is 6.61. The number of hydrogen-bond donors (Lipinski definition) is 2. The van der Waals surface area contributed by atoms with E-state index in [2.05, 4.69) is 49.5 Å². The minimum atomic E-state index is -0.387. The third kappa shape index (κ3) is 4.66. The van der Waals surface area contributed by atoms with Crippen LogP contribution in [0.1, 0.15) is 35.0 Å². The smallest absolute Gasteiger partial charge is 0.356 e. The summed E-state index contributed by atoms with van der Waals surface area (Å²) < 4.78 is 10.9. The Morgan fingerprint density at radius 2 is 2.00 bits per heavy atom. The average molecular weight is 478 g/mol. The van der Waals surface area contributed by atoms with Crippen LogP contribution < -0.4 is 15.0 Å². The van der Waals surface area contributed by atoms with Crippen molar-refractivity contribution in [1.29, 1.82) is 0 Å². The van der Waals surface area contributed by atoms with E-state index < -0.39 is 0 Å². The van der Waals surface area contributed by atoms with Gasteiger partial charge in [-0.3, -0.25) is 5.10 Å². The number of likely N-dealkylation sites (N-methyl/N-ethyl adjacent to an activating group) is 1. The number of ether oxygens (including phenoxy) is 2. The standard InChI is InChI=1S/C25H31N7O3/c1-4-35-24(33)23-18-7-5-6-16-15-26-25(28-21(16)22(18)29-30-23)27-19-9-8-17(14-20(19)34-3)32-12-10-31(2)11-13-32/h8-9,14-15H,4-7,10-13H2,1-3H3,(H,29,30)(H,26,27,28). The van der Waals surface area contributed by atoms with E-state index in [0.717, 1.165) is 79.4 Å². The van der Waals surface area contributed by atoms with Crippen molar-refractivity contribution >= 4 is 23.3 Å². The minimum Gasteiger partial charge on any atom is -0.494 e. The molecule has 0 bridgehead atoms. The maximum absolute atomic E-state index is 12.4. The van der Waals surface area contributed by atoms with Crippen LogP contribution in [0, 0.1) is 0 Å². The summed E-state index contributed by atoms with van der Waals surface area (Å²) in [5.41, 5.74) is 5.60. The summed E-state index contributed by atoms with van der Waals surface area (Å²) in [4.78, 5) is 26.4. The molecule has 0 amide bonds. The van der Waals surface area contributed by atoms with Crippen LogP contribution in [0.3, 0.4) is 0 Å². The molecule has 3 heterocycles. The quantitative estimate of drug-likeness (QED) is 0.518. The van der Waals surface area contributed by atoms with Crippen LogP contribution in [0.2, 0.25) is 0 Å². The van der Waals surface area contributed by atoms with Crippen LogP contribution in [-0.2, 0) is 17.6 Å². The molecule has 2 N–H and O–H groups in total. The number of aryl methyl sites for hydroxylation is 1. The number of anilines is 3. The second-order valence-corrected chi connectivity index (χ2v) is 8.87. The van der Waals surface area contributed by atoms with E-state index in [1.807, 2.05) is 12.3 Å². The highest BCUT2D eigenvalue weighted by atomic mass is 16.5. The number of rotatable bonds is 6. The maximum Gasteiger partial charge on any atom is 0.356 e. The maximum atomic E-state index is 12.4. The Bertz CT molecular complexity index is 1220. The molecule has 2 aromatic heterocycles. The number of piperazine rings is 1. The molecule has 1 aliphatic carbocycles. The number of H-pyrrole nitrogens is 1. The highest BCUT2D eigenvalue weighted by Crippen LogP contribution is 2.34. The molecule has 10 nitrogen and oxygen atoms in total. The van der Waals surface area contributed by atoms with Gasteiger partial charge in [-0.2, -0.15) is 5.10 Å². The molecule has 1 saturated heterocycles. The molecule has 184 valence electrons. The number of hydrogen-bond acceptors (Lipinski definition) is 9. The fraction of sp³-hybridized carbons (Fsp3) is 0.440. The summed E-state index contributed by atoms with van der Waals surface area (Å²) in [5.74, 6) is 0.787. The van der Waals surface area contributed by atoms with Crippen LogP contribution in [-0.4, -0.2) is 78.0 Å². The lowest BCUT2D eigenvalue weighted by atomic mass is 10.1. The van der Waals surface area contributed by atoms with Gasteiger partial charge in [-0.05, 0) is 50.9 Å². The van der Waals surface area contributed by atoms with Crippen molar-refractivity contribution in [3.05, 3.63) is 41.2 Å². The second kappa shape index (κ2) is 9.91. The van der Waals surface area contributed by atoms with Gasteiger partial charge in [-0.1, -0.05) is 0 Å². The zero-order valence-corrected chi connectivity index (χ0v) is 20.4. The van der Waals surface area contributed by atoms with Crippen LogP contribution in [0.5, 0.6) is 5.75 Å². The number of nitrogens with one attached hydrogen (secondary N) is 2. The van der Waals surface area contributed by atoms with Crippen molar-refractivity contribution in [2.75, 3.05) is 57.2 Å². The predicted octanol–water partition coefficient (Wildman–Crippen LogP) is 3.04. The molecule has 0 radical (unpaired) electrons. The Morgan fingerprint density at radius 1 is 1.17 bits per heavy atom. The molecular weight excluding hydrogens is 446 g/mol. The first-order valence-corrected chi connectivity index (χ1v) is 12.1. The van der Waals surface area contributed by atoms with Gasteiger partial charge in [-0.15, -0.1) is 0 Å². The summed E-state index contributed by atoms with van der Waals surface area (Å²) in [5, 5.41) is 10.6. The fourth-order valence-corrected chi connectivity index (χ4v) is 4.65. The first kappa shape index (κ1) is 23.1. The molecule has 0 spiro atoms. The van der Waals surface area contributed by atoms with Crippen LogP contribution in [0.25, 0.3) is 11.4 Å². The van der Waals surface area contributed by atoms with E-state index in [4.69, 9.17) is 14.5 Å². The highest BCUT2D eigenvalue weighted by Gasteiger charge is 2.26. The molecule has 35 heavy (non-hydrogen) atoms. The molecule has 3 aromatic rings. The SMILES string of the molecule is CCOC(=O)c1[nH]nc2c1CCCc1cnc(Nc3ccc(N4CCN(C)CC4)cc3OC)nc1-2. The third-order valence-corrected chi connectivity index (χ3v) is 6.61. The molecule has 1 aromatic carbocycles. The number of methoxy groups -OCH3 is 1. The van der Waals surface area contributed by atoms with E-state index >= 15 is 0 Å². The Hall–Kier alpha value is -3.66. The molecule has 0 unspecified atom stereocenters. The monoisotopic (exact) mass is 477 g/mol. The lowest BCUT2D eigenvalue weighted by Gasteiger charge is -2.34. The van der Waals surface area contributed by atoms with Crippen molar-refractivity contribution in [2.24, 2.45) is 0 Å².